The summed E-state index contributed by atoms with van der Waals surface area (Å²) >= 11 is 0. The van der Waals surface area contributed by atoms with E-state index in [4.69, 9.17) is 0 Å². The van der Waals surface area contributed by atoms with Gasteiger partial charge in [0.1, 0.15) is 11.5 Å². The third-order valence-corrected chi connectivity index (χ3v) is 3.04. The van der Waals surface area contributed by atoms with Crippen molar-refractivity contribution in [3.8, 4) is 0 Å². The maximum absolute atomic E-state index is 11.8. The van der Waals surface area contributed by atoms with Crippen LogP contribution in [0, 0.1) is 0 Å². The topological polar surface area (TPSA) is 60.9 Å². The minimum atomic E-state index is -0.250. The van der Waals surface area contributed by atoms with E-state index in [1.54, 1.807) is 37.1 Å². The molecule has 1 aliphatic carbocycles. The van der Waals surface area contributed by atoms with Gasteiger partial charge in [0.15, 0.2) is 11.6 Å². The lowest BCUT2D eigenvalue weighted by Gasteiger charge is -2.21. The fraction of sp³-hybridized carbons (Fsp3) is 0.231. The summed E-state index contributed by atoms with van der Waals surface area (Å²) in [5.41, 5.74) is 1.16. The van der Waals surface area contributed by atoms with E-state index >= 15 is 0 Å². The van der Waals surface area contributed by atoms with Crippen LogP contribution in [0.5, 0.6) is 0 Å². The number of ketones is 2. The Hall–Kier alpha value is -2.14. The van der Waals surface area contributed by atoms with Crippen LogP contribution in [0.25, 0.3) is 0 Å². The van der Waals surface area contributed by atoms with E-state index in [1.165, 1.54) is 13.0 Å². The third-order valence-electron chi connectivity index (χ3n) is 3.04. The van der Waals surface area contributed by atoms with Crippen LogP contribution in [0.2, 0.25) is 0 Å². The molecule has 0 radical (unpaired) electrons. The highest BCUT2D eigenvalue weighted by Gasteiger charge is 2.34. The van der Waals surface area contributed by atoms with Gasteiger partial charge in [0.05, 0.1) is 5.57 Å². The Morgan fingerprint density at radius 3 is 2.39 bits per heavy atom. The first-order valence-corrected chi connectivity index (χ1v) is 5.53. The van der Waals surface area contributed by atoms with Crippen LogP contribution in [0.15, 0.2) is 47.1 Å². The SMILES string of the molecule is CC(=O)C1=C(C)N(C)/C(=C2\C=CC=CC2=O)N1O. The maximum atomic E-state index is 11.8. The molecule has 0 bridgehead atoms. The predicted molar refractivity (Wildman–Crippen MR) is 65.1 cm³/mol. The number of hydroxylamine groups is 2. The summed E-state index contributed by atoms with van der Waals surface area (Å²) in [5, 5.41) is 10.9. The van der Waals surface area contributed by atoms with E-state index < -0.39 is 0 Å². The second kappa shape index (κ2) is 4.27. The van der Waals surface area contributed by atoms with Gasteiger partial charge in [0.2, 0.25) is 0 Å². The van der Waals surface area contributed by atoms with Crippen molar-refractivity contribution in [3.05, 3.63) is 47.1 Å². The smallest absolute Gasteiger partial charge is 0.189 e. The maximum Gasteiger partial charge on any atom is 0.189 e. The number of Topliss-reactive ketones (excluding diaryl/α,β-unsaturated/α-hetero) is 1. The van der Waals surface area contributed by atoms with Crippen molar-refractivity contribution in [1.29, 1.82) is 0 Å². The Morgan fingerprint density at radius 2 is 1.89 bits per heavy atom. The number of hydrogen-bond donors (Lipinski definition) is 1. The average molecular weight is 246 g/mol. The first-order valence-electron chi connectivity index (χ1n) is 5.53. The summed E-state index contributed by atoms with van der Waals surface area (Å²) in [5.74, 6) is -0.139. The van der Waals surface area contributed by atoms with E-state index in [0.717, 1.165) is 5.06 Å². The van der Waals surface area contributed by atoms with Gasteiger partial charge in [0, 0.05) is 19.7 Å². The first kappa shape index (κ1) is 12.3. The normalized spacial score (nSPS) is 23.4. The second-order valence-corrected chi connectivity index (χ2v) is 4.18. The Labute approximate surface area is 105 Å². The number of carbonyl (C=O) groups excluding carboxylic acids is 2. The molecule has 0 amide bonds. The van der Waals surface area contributed by atoms with Gasteiger partial charge in [-0.05, 0) is 19.1 Å². The van der Waals surface area contributed by atoms with Crippen molar-refractivity contribution in [2.24, 2.45) is 0 Å². The Kier molecular flexibility index (Phi) is 2.92. The van der Waals surface area contributed by atoms with Crippen molar-refractivity contribution in [2.75, 3.05) is 7.05 Å². The zero-order valence-corrected chi connectivity index (χ0v) is 10.5. The fourth-order valence-electron chi connectivity index (χ4n) is 2.07. The van der Waals surface area contributed by atoms with E-state index in [0.29, 0.717) is 17.1 Å². The van der Waals surface area contributed by atoms with Crippen LogP contribution >= 0.6 is 0 Å². The standard InChI is InChI=1S/C13H14N2O3/c1-8-12(9(2)16)15(18)13(14(8)3)10-6-4-5-7-11(10)17/h4-7,18H,1-3H3/b13-10-. The number of carbonyl (C=O) groups is 2. The van der Waals surface area contributed by atoms with Crippen LogP contribution in [-0.2, 0) is 9.59 Å². The van der Waals surface area contributed by atoms with Crippen molar-refractivity contribution in [3.63, 3.8) is 0 Å². The molecule has 0 saturated heterocycles. The molecule has 2 aliphatic rings. The van der Waals surface area contributed by atoms with E-state index in [-0.39, 0.29) is 17.3 Å². The van der Waals surface area contributed by atoms with Crippen LogP contribution < -0.4 is 0 Å². The van der Waals surface area contributed by atoms with Crippen molar-refractivity contribution in [2.45, 2.75) is 13.8 Å². The molecular formula is C13H14N2O3. The molecule has 0 aromatic carbocycles. The van der Waals surface area contributed by atoms with Gasteiger partial charge in [-0.15, -0.1) is 0 Å². The second-order valence-electron chi connectivity index (χ2n) is 4.18. The molecule has 18 heavy (non-hydrogen) atoms. The fourth-order valence-corrected chi connectivity index (χ4v) is 2.07. The van der Waals surface area contributed by atoms with E-state index in [1.807, 2.05) is 0 Å². The average Bonchev–Trinajstić information content (AvgIpc) is 2.52. The molecule has 0 aromatic rings. The Bertz CT molecular complexity index is 553. The lowest BCUT2D eigenvalue weighted by Crippen LogP contribution is -2.25. The summed E-state index contributed by atoms with van der Waals surface area (Å²) in [6.07, 6.45) is 6.39. The molecule has 0 unspecified atom stereocenters. The Morgan fingerprint density at radius 1 is 1.28 bits per heavy atom. The molecule has 1 N–H and O–H groups in total. The van der Waals surface area contributed by atoms with Crippen molar-refractivity contribution < 1.29 is 14.8 Å². The van der Waals surface area contributed by atoms with Gasteiger partial charge in [-0.1, -0.05) is 12.2 Å². The molecule has 1 heterocycles. The molecule has 5 nitrogen and oxygen atoms in total. The summed E-state index contributed by atoms with van der Waals surface area (Å²) in [6.45, 7) is 3.10. The van der Waals surface area contributed by atoms with Crippen LogP contribution in [0.3, 0.4) is 0 Å². The largest absolute Gasteiger partial charge is 0.330 e. The molecule has 1 aliphatic heterocycles. The number of nitrogens with zero attached hydrogens (tertiary/aromatic N) is 2. The molecular weight excluding hydrogens is 232 g/mol. The zero-order valence-electron chi connectivity index (χ0n) is 10.5. The quantitative estimate of drug-likeness (QED) is 0.708. The molecule has 0 spiro atoms. The minimum absolute atomic E-state index is 0.191. The summed E-state index contributed by atoms with van der Waals surface area (Å²) < 4.78 is 0. The van der Waals surface area contributed by atoms with Gasteiger partial charge in [0.25, 0.3) is 0 Å². The molecule has 0 aromatic heterocycles. The van der Waals surface area contributed by atoms with Crippen LogP contribution in [0.4, 0.5) is 0 Å². The monoisotopic (exact) mass is 246 g/mol. The van der Waals surface area contributed by atoms with Gasteiger partial charge in [-0.2, -0.15) is 0 Å². The minimum Gasteiger partial charge on any atom is -0.330 e. The summed E-state index contributed by atoms with van der Waals surface area (Å²) in [7, 11) is 1.70. The van der Waals surface area contributed by atoms with Gasteiger partial charge >= 0.3 is 0 Å². The number of hydrogen-bond acceptors (Lipinski definition) is 5. The van der Waals surface area contributed by atoms with Gasteiger partial charge < -0.3 is 4.90 Å². The first-order chi connectivity index (χ1) is 8.45. The van der Waals surface area contributed by atoms with Gasteiger partial charge in [-0.25, -0.2) is 5.06 Å². The Balaban J connectivity index is 2.55. The third kappa shape index (κ3) is 1.69. The van der Waals surface area contributed by atoms with Crippen molar-refractivity contribution >= 4 is 11.6 Å². The molecule has 5 heteroatoms. The molecule has 0 fully saturated rings. The van der Waals surface area contributed by atoms with Crippen LogP contribution in [0.1, 0.15) is 13.8 Å². The molecule has 94 valence electrons. The zero-order chi connectivity index (χ0) is 13.4. The van der Waals surface area contributed by atoms with E-state index in [2.05, 4.69) is 0 Å². The molecule has 0 atom stereocenters. The van der Waals surface area contributed by atoms with Crippen molar-refractivity contribution in [1.82, 2.24) is 9.96 Å². The van der Waals surface area contributed by atoms with Crippen LogP contribution in [-0.4, -0.2) is 33.8 Å². The number of rotatable bonds is 1. The molecule has 2 rings (SSSR count). The lowest BCUT2D eigenvalue weighted by molar-refractivity contribution is -0.120. The highest BCUT2D eigenvalue weighted by Crippen LogP contribution is 2.32. The molecule has 0 saturated carbocycles. The highest BCUT2D eigenvalue weighted by atomic mass is 16.5. The summed E-state index contributed by atoms with van der Waals surface area (Å²) in [4.78, 5) is 24.9. The lowest BCUT2D eigenvalue weighted by atomic mass is 10.1. The van der Waals surface area contributed by atoms with Gasteiger partial charge in [-0.3, -0.25) is 14.8 Å². The van der Waals surface area contributed by atoms with E-state index in [9.17, 15) is 14.8 Å². The predicted octanol–water partition coefficient (Wildman–Crippen LogP) is 1.35. The summed E-state index contributed by atoms with van der Waals surface area (Å²) in [6, 6.07) is 0. The number of allylic oxidation sites excluding steroid dienone is 7. The highest BCUT2D eigenvalue weighted by molar-refractivity contribution is 6.08.